The highest BCUT2D eigenvalue weighted by Crippen LogP contribution is 2.34. The van der Waals surface area contributed by atoms with Crippen molar-refractivity contribution in [3.05, 3.63) is 51.2 Å². The van der Waals surface area contributed by atoms with Gasteiger partial charge in [0.15, 0.2) is 0 Å². The fourth-order valence-corrected chi connectivity index (χ4v) is 3.44. The van der Waals surface area contributed by atoms with Crippen molar-refractivity contribution >= 4 is 11.3 Å². The average Bonchev–Trinajstić information content (AvgIpc) is 2.79. The van der Waals surface area contributed by atoms with Crippen LogP contribution in [-0.2, 0) is 0 Å². The minimum absolute atomic E-state index is 0.212. The molecule has 2 aromatic rings. The third kappa shape index (κ3) is 3.22. The van der Waals surface area contributed by atoms with E-state index in [1.807, 2.05) is 23.5 Å². The van der Waals surface area contributed by atoms with E-state index in [9.17, 15) is 0 Å². The molecule has 0 bridgehead atoms. The van der Waals surface area contributed by atoms with Crippen LogP contribution in [0.4, 0.5) is 0 Å². The fourth-order valence-electron chi connectivity index (χ4n) is 2.30. The number of hydrogen-bond acceptors (Lipinski definition) is 3. The summed E-state index contributed by atoms with van der Waals surface area (Å²) in [6.45, 7) is 7.55. The van der Waals surface area contributed by atoms with Crippen molar-refractivity contribution in [2.24, 2.45) is 0 Å². The third-order valence-electron chi connectivity index (χ3n) is 3.52. The maximum absolute atomic E-state index is 5.53. The second-order valence-electron chi connectivity index (χ2n) is 5.02. The molecule has 20 heavy (non-hydrogen) atoms. The summed E-state index contributed by atoms with van der Waals surface area (Å²) >= 11 is 1.87. The highest BCUT2D eigenvalue weighted by atomic mass is 32.1. The van der Waals surface area contributed by atoms with E-state index in [2.05, 4.69) is 44.3 Å². The van der Waals surface area contributed by atoms with E-state index >= 15 is 0 Å². The summed E-state index contributed by atoms with van der Waals surface area (Å²) in [5.41, 5.74) is 2.58. The number of methoxy groups -OCH3 is 1. The molecule has 3 heteroatoms. The van der Waals surface area contributed by atoms with Crippen LogP contribution in [-0.4, -0.2) is 13.7 Å². The lowest BCUT2D eigenvalue weighted by molar-refractivity contribution is 0.404. The monoisotopic (exact) mass is 289 g/mol. The van der Waals surface area contributed by atoms with E-state index in [0.717, 1.165) is 18.7 Å². The zero-order valence-electron chi connectivity index (χ0n) is 12.7. The van der Waals surface area contributed by atoms with Crippen molar-refractivity contribution in [2.45, 2.75) is 33.2 Å². The summed E-state index contributed by atoms with van der Waals surface area (Å²) in [5, 5.41) is 3.65. The molecular formula is C17H23NOS. The molecule has 1 aromatic carbocycles. The topological polar surface area (TPSA) is 21.3 Å². The highest BCUT2D eigenvalue weighted by Gasteiger charge is 2.19. The summed E-state index contributed by atoms with van der Waals surface area (Å²) in [6.07, 6.45) is 1.12. The SMILES string of the molecule is CCCNC(c1cc(C)c(C)s1)c1ccccc1OC. The number of para-hydroxylation sites is 1. The maximum Gasteiger partial charge on any atom is 0.124 e. The van der Waals surface area contributed by atoms with E-state index in [0.29, 0.717) is 0 Å². The molecule has 0 radical (unpaired) electrons. The van der Waals surface area contributed by atoms with Gasteiger partial charge in [-0.3, -0.25) is 0 Å². The van der Waals surface area contributed by atoms with Gasteiger partial charge >= 0.3 is 0 Å². The van der Waals surface area contributed by atoms with Crippen LogP contribution in [0.3, 0.4) is 0 Å². The molecule has 2 nitrogen and oxygen atoms in total. The first-order valence-electron chi connectivity index (χ1n) is 7.10. The summed E-state index contributed by atoms with van der Waals surface area (Å²) in [4.78, 5) is 2.75. The van der Waals surface area contributed by atoms with Gasteiger partial charge in [-0.2, -0.15) is 0 Å². The number of aryl methyl sites for hydroxylation is 2. The van der Waals surface area contributed by atoms with Gasteiger partial charge in [-0.25, -0.2) is 0 Å². The van der Waals surface area contributed by atoms with Crippen molar-refractivity contribution in [3.8, 4) is 5.75 Å². The van der Waals surface area contributed by atoms with Gasteiger partial charge in [0, 0.05) is 15.3 Å². The van der Waals surface area contributed by atoms with Crippen molar-refractivity contribution in [1.82, 2.24) is 5.32 Å². The molecule has 1 aromatic heterocycles. The third-order valence-corrected chi connectivity index (χ3v) is 4.74. The Labute approximate surface area is 125 Å². The molecule has 2 rings (SSSR count). The summed E-state index contributed by atoms with van der Waals surface area (Å²) in [5.74, 6) is 0.949. The van der Waals surface area contributed by atoms with Crippen molar-refractivity contribution in [1.29, 1.82) is 0 Å². The number of nitrogens with one attached hydrogen (secondary N) is 1. The fraction of sp³-hybridized carbons (Fsp3) is 0.412. The molecule has 1 unspecified atom stereocenters. The van der Waals surface area contributed by atoms with Crippen molar-refractivity contribution in [3.63, 3.8) is 0 Å². The Balaban J connectivity index is 2.41. The molecule has 0 aliphatic heterocycles. The molecule has 0 fully saturated rings. The van der Waals surface area contributed by atoms with Crippen LogP contribution in [0.1, 0.15) is 40.3 Å². The summed E-state index contributed by atoms with van der Waals surface area (Å²) in [7, 11) is 1.74. The first-order chi connectivity index (χ1) is 9.67. The highest BCUT2D eigenvalue weighted by molar-refractivity contribution is 7.12. The smallest absolute Gasteiger partial charge is 0.124 e. The van der Waals surface area contributed by atoms with Crippen LogP contribution in [0.2, 0.25) is 0 Å². The van der Waals surface area contributed by atoms with Crippen LogP contribution in [0.5, 0.6) is 5.75 Å². The van der Waals surface area contributed by atoms with Crippen LogP contribution in [0.25, 0.3) is 0 Å². The Morgan fingerprint density at radius 2 is 2.00 bits per heavy atom. The molecule has 0 aliphatic rings. The van der Waals surface area contributed by atoms with Crippen LogP contribution >= 0.6 is 11.3 Å². The molecular weight excluding hydrogens is 266 g/mol. The Hall–Kier alpha value is -1.32. The maximum atomic E-state index is 5.53. The van der Waals surface area contributed by atoms with Gasteiger partial charge in [0.25, 0.3) is 0 Å². The normalized spacial score (nSPS) is 12.4. The first kappa shape index (κ1) is 15.1. The Morgan fingerprint density at radius 1 is 1.25 bits per heavy atom. The van der Waals surface area contributed by atoms with Crippen LogP contribution in [0.15, 0.2) is 30.3 Å². The van der Waals surface area contributed by atoms with Gasteiger partial charge < -0.3 is 10.1 Å². The predicted octanol–water partition coefficient (Wildman–Crippen LogP) is 4.46. The molecule has 0 aliphatic carbocycles. The quantitative estimate of drug-likeness (QED) is 0.847. The van der Waals surface area contributed by atoms with Crippen molar-refractivity contribution in [2.75, 3.05) is 13.7 Å². The minimum Gasteiger partial charge on any atom is -0.496 e. The zero-order valence-corrected chi connectivity index (χ0v) is 13.5. The van der Waals surface area contributed by atoms with Gasteiger partial charge in [-0.05, 0) is 44.5 Å². The van der Waals surface area contributed by atoms with Gasteiger partial charge in [0.1, 0.15) is 5.75 Å². The molecule has 1 heterocycles. The molecule has 0 saturated carbocycles. The lowest BCUT2D eigenvalue weighted by Gasteiger charge is -2.20. The second-order valence-corrected chi connectivity index (χ2v) is 6.30. The Morgan fingerprint density at radius 3 is 2.60 bits per heavy atom. The van der Waals surface area contributed by atoms with Gasteiger partial charge in [0.2, 0.25) is 0 Å². The minimum atomic E-state index is 0.212. The predicted molar refractivity (Wildman–Crippen MR) is 86.9 cm³/mol. The number of ether oxygens (including phenoxy) is 1. The standard InChI is InChI=1S/C17H23NOS/c1-5-10-18-17(16-11-12(2)13(3)20-16)14-8-6-7-9-15(14)19-4/h6-9,11,17-18H,5,10H2,1-4H3. The second kappa shape index (κ2) is 6.91. The van der Waals surface area contributed by atoms with E-state index in [1.54, 1.807) is 7.11 Å². The van der Waals surface area contributed by atoms with E-state index < -0.39 is 0 Å². The Kier molecular flexibility index (Phi) is 5.21. The van der Waals surface area contributed by atoms with E-state index in [1.165, 1.54) is 20.9 Å². The molecule has 108 valence electrons. The average molecular weight is 289 g/mol. The molecule has 0 saturated heterocycles. The van der Waals surface area contributed by atoms with E-state index in [-0.39, 0.29) is 6.04 Å². The summed E-state index contributed by atoms with van der Waals surface area (Å²) < 4.78 is 5.53. The molecule has 1 N–H and O–H groups in total. The number of hydrogen-bond donors (Lipinski definition) is 1. The lowest BCUT2D eigenvalue weighted by atomic mass is 10.0. The van der Waals surface area contributed by atoms with Crippen LogP contribution in [0, 0.1) is 13.8 Å². The number of benzene rings is 1. The summed E-state index contributed by atoms with van der Waals surface area (Å²) in [6, 6.07) is 10.8. The zero-order chi connectivity index (χ0) is 14.5. The largest absolute Gasteiger partial charge is 0.496 e. The molecule has 0 amide bonds. The van der Waals surface area contributed by atoms with Crippen LogP contribution < -0.4 is 10.1 Å². The molecule has 1 atom stereocenters. The first-order valence-corrected chi connectivity index (χ1v) is 7.92. The van der Waals surface area contributed by atoms with E-state index in [4.69, 9.17) is 4.74 Å². The number of thiophene rings is 1. The molecule has 0 spiro atoms. The van der Waals surface area contributed by atoms with Gasteiger partial charge in [-0.1, -0.05) is 25.1 Å². The van der Waals surface area contributed by atoms with Gasteiger partial charge in [0.05, 0.1) is 13.2 Å². The van der Waals surface area contributed by atoms with Crippen molar-refractivity contribution < 1.29 is 4.74 Å². The Bertz CT molecular complexity index is 542. The van der Waals surface area contributed by atoms with Gasteiger partial charge in [-0.15, -0.1) is 11.3 Å². The number of rotatable bonds is 6. The lowest BCUT2D eigenvalue weighted by Crippen LogP contribution is -2.22.